The van der Waals surface area contributed by atoms with E-state index >= 15 is 0 Å². The van der Waals surface area contributed by atoms with Crippen molar-refractivity contribution in [1.82, 2.24) is 0 Å². The van der Waals surface area contributed by atoms with Gasteiger partial charge in [0.25, 0.3) is 0 Å². The van der Waals surface area contributed by atoms with E-state index in [0.717, 1.165) is 36.7 Å². The first-order valence-electron chi connectivity index (χ1n) is 4.12. The van der Waals surface area contributed by atoms with Gasteiger partial charge in [-0.1, -0.05) is 0 Å². The SMILES string of the molecule is Nc1ccc2c(c1)OCCCN2. The van der Waals surface area contributed by atoms with E-state index in [1.165, 1.54) is 0 Å². The van der Waals surface area contributed by atoms with Crippen molar-refractivity contribution in [3.63, 3.8) is 0 Å². The highest BCUT2D eigenvalue weighted by atomic mass is 16.5. The van der Waals surface area contributed by atoms with Gasteiger partial charge in [-0.05, 0) is 18.6 Å². The molecular weight excluding hydrogens is 152 g/mol. The van der Waals surface area contributed by atoms with Gasteiger partial charge >= 0.3 is 0 Å². The first kappa shape index (κ1) is 7.28. The van der Waals surface area contributed by atoms with Crippen LogP contribution in [0.5, 0.6) is 5.75 Å². The predicted molar refractivity (Wildman–Crippen MR) is 49.5 cm³/mol. The van der Waals surface area contributed by atoms with Crippen LogP contribution in [-0.2, 0) is 0 Å². The lowest BCUT2D eigenvalue weighted by molar-refractivity contribution is 0.323. The van der Waals surface area contributed by atoms with Crippen molar-refractivity contribution in [1.29, 1.82) is 0 Å². The Bertz CT molecular complexity index is 286. The first-order valence-corrected chi connectivity index (χ1v) is 4.12. The third-order valence-corrected chi connectivity index (χ3v) is 1.90. The lowest BCUT2D eigenvalue weighted by Gasteiger charge is -2.07. The molecule has 0 spiro atoms. The number of nitrogens with two attached hydrogens (primary N) is 1. The highest BCUT2D eigenvalue weighted by molar-refractivity contribution is 5.62. The minimum atomic E-state index is 0.748. The second kappa shape index (κ2) is 2.93. The van der Waals surface area contributed by atoms with Crippen LogP contribution in [0.3, 0.4) is 0 Å². The summed E-state index contributed by atoms with van der Waals surface area (Å²) >= 11 is 0. The zero-order valence-corrected chi connectivity index (χ0v) is 6.84. The van der Waals surface area contributed by atoms with Crippen molar-refractivity contribution < 1.29 is 4.74 Å². The fourth-order valence-corrected chi connectivity index (χ4v) is 1.28. The van der Waals surface area contributed by atoms with Gasteiger partial charge in [0.15, 0.2) is 0 Å². The van der Waals surface area contributed by atoms with Crippen molar-refractivity contribution in [2.24, 2.45) is 0 Å². The quantitative estimate of drug-likeness (QED) is 0.571. The topological polar surface area (TPSA) is 47.3 Å². The van der Waals surface area contributed by atoms with Crippen molar-refractivity contribution >= 4 is 11.4 Å². The van der Waals surface area contributed by atoms with Gasteiger partial charge in [-0.3, -0.25) is 0 Å². The Kier molecular flexibility index (Phi) is 1.78. The highest BCUT2D eigenvalue weighted by Crippen LogP contribution is 2.28. The first-order chi connectivity index (χ1) is 5.86. The van der Waals surface area contributed by atoms with Crippen molar-refractivity contribution in [2.75, 3.05) is 24.2 Å². The molecule has 2 rings (SSSR count). The van der Waals surface area contributed by atoms with E-state index in [4.69, 9.17) is 10.5 Å². The molecule has 64 valence electrons. The van der Waals surface area contributed by atoms with E-state index in [1.807, 2.05) is 18.2 Å². The van der Waals surface area contributed by atoms with E-state index in [2.05, 4.69) is 5.32 Å². The van der Waals surface area contributed by atoms with Crippen LogP contribution < -0.4 is 15.8 Å². The number of nitrogens with one attached hydrogen (secondary N) is 1. The van der Waals surface area contributed by atoms with E-state index in [1.54, 1.807) is 0 Å². The minimum absolute atomic E-state index is 0.748. The van der Waals surface area contributed by atoms with Gasteiger partial charge in [-0.15, -0.1) is 0 Å². The van der Waals surface area contributed by atoms with Gasteiger partial charge in [-0.2, -0.15) is 0 Å². The van der Waals surface area contributed by atoms with Crippen molar-refractivity contribution in [2.45, 2.75) is 6.42 Å². The smallest absolute Gasteiger partial charge is 0.144 e. The van der Waals surface area contributed by atoms with Crippen LogP contribution in [0.25, 0.3) is 0 Å². The number of fused-ring (bicyclic) bond motifs is 1. The Morgan fingerprint density at radius 3 is 3.25 bits per heavy atom. The molecule has 0 fully saturated rings. The summed E-state index contributed by atoms with van der Waals surface area (Å²) in [6.07, 6.45) is 1.04. The second-order valence-electron chi connectivity index (χ2n) is 2.88. The molecule has 0 aliphatic carbocycles. The Hall–Kier alpha value is -1.38. The summed E-state index contributed by atoms with van der Waals surface area (Å²) < 4.78 is 5.49. The summed E-state index contributed by atoms with van der Waals surface area (Å²) in [5.74, 6) is 0.868. The molecule has 0 bridgehead atoms. The zero-order valence-electron chi connectivity index (χ0n) is 6.84. The van der Waals surface area contributed by atoms with Crippen LogP contribution in [0.1, 0.15) is 6.42 Å². The summed E-state index contributed by atoms with van der Waals surface area (Å²) in [6, 6.07) is 5.68. The van der Waals surface area contributed by atoms with Gasteiger partial charge < -0.3 is 15.8 Å². The van der Waals surface area contributed by atoms with E-state index in [9.17, 15) is 0 Å². The van der Waals surface area contributed by atoms with Crippen molar-refractivity contribution in [3.8, 4) is 5.75 Å². The summed E-state index contributed by atoms with van der Waals surface area (Å²) in [7, 11) is 0. The van der Waals surface area contributed by atoms with Crippen LogP contribution in [0.4, 0.5) is 11.4 Å². The maximum atomic E-state index is 5.63. The number of rotatable bonds is 0. The summed E-state index contributed by atoms with van der Waals surface area (Å²) in [4.78, 5) is 0. The molecule has 0 saturated heterocycles. The maximum Gasteiger partial charge on any atom is 0.144 e. The molecule has 3 heteroatoms. The standard InChI is InChI=1S/C9H12N2O/c10-7-2-3-8-9(6-7)12-5-1-4-11-8/h2-3,6,11H,1,4-5,10H2. The molecule has 1 aliphatic rings. The number of nitrogen functional groups attached to an aromatic ring is 1. The molecular formula is C9H12N2O. The Balaban J connectivity index is 2.36. The zero-order chi connectivity index (χ0) is 8.39. The lowest BCUT2D eigenvalue weighted by atomic mass is 10.2. The summed E-state index contributed by atoms with van der Waals surface area (Å²) in [6.45, 7) is 1.74. The summed E-state index contributed by atoms with van der Waals surface area (Å²) in [5.41, 5.74) is 7.42. The number of hydrogen-bond donors (Lipinski definition) is 2. The third-order valence-electron chi connectivity index (χ3n) is 1.90. The Morgan fingerprint density at radius 1 is 1.42 bits per heavy atom. The molecule has 0 atom stereocenters. The number of anilines is 2. The number of benzene rings is 1. The van der Waals surface area contributed by atoms with Crippen molar-refractivity contribution in [3.05, 3.63) is 18.2 Å². The van der Waals surface area contributed by atoms with Gasteiger partial charge in [0.1, 0.15) is 5.75 Å². The van der Waals surface area contributed by atoms with Crippen LogP contribution in [0.2, 0.25) is 0 Å². The highest BCUT2D eigenvalue weighted by Gasteiger charge is 2.06. The lowest BCUT2D eigenvalue weighted by Crippen LogP contribution is -1.99. The molecule has 0 radical (unpaired) electrons. The monoisotopic (exact) mass is 164 g/mol. The minimum Gasteiger partial charge on any atom is -0.491 e. The van der Waals surface area contributed by atoms with Gasteiger partial charge in [0.2, 0.25) is 0 Å². The molecule has 1 heterocycles. The largest absolute Gasteiger partial charge is 0.491 e. The molecule has 3 nitrogen and oxygen atoms in total. The van der Waals surface area contributed by atoms with Crippen LogP contribution in [-0.4, -0.2) is 13.2 Å². The molecule has 1 aliphatic heterocycles. The van der Waals surface area contributed by atoms with Crippen LogP contribution in [0, 0.1) is 0 Å². The fourth-order valence-electron chi connectivity index (χ4n) is 1.28. The molecule has 12 heavy (non-hydrogen) atoms. The molecule has 1 aromatic carbocycles. The van der Waals surface area contributed by atoms with Crippen LogP contribution in [0.15, 0.2) is 18.2 Å². The van der Waals surface area contributed by atoms with E-state index < -0.39 is 0 Å². The number of hydrogen-bond acceptors (Lipinski definition) is 3. The molecule has 0 amide bonds. The van der Waals surface area contributed by atoms with Gasteiger partial charge in [0, 0.05) is 18.3 Å². The van der Waals surface area contributed by atoms with Crippen LogP contribution >= 0.6 is 0 Å². The molecule has 1 aromatic rings. The third kappa shape index (κ3) is 1.30. The number of ether oxygens (including phenoxy) is 1. The normalized spacial score (nSPS) is 15.3. The average Bonchev–Trinajstić information content (AvgIpc) is 2.28. The molecule has 0 aromatic heterocycles. The average molecular weight is 164 g/mol. The van der Waals surface area contributed by atoms with Gasteiger partial charge in [-0.25, -0.2) is 0 Å². The molecule has 0 saturated carbocycles. The second-order valence-corrected chi connectivity index (χ2v) is 2.88. The Morgan fingerprint density at radius 2 is 2.33 bits per heavy atom. The summed E-state index contributed by atoms with van der Waals surface area (Å²) in [5, 5.41) is 3.27. The van der Waals surface area contributed by atoms with E-state index in [-0.39, 0.29) is 0 Å². The predicted octanol–water partition coefficient (Wildman–Crippen LogP) is 1.46. The van der Waals surface area contributed by atoms with Gasteiger partial charge in [0.05, 0.1) is 12.3 Å². The van der Waals surface area contributed by atoms with E-state index in [0.29, 0.717) is 0 Å². The molecule has 0 unspecified atom stereocenters. The maximum absolute atomic E-state index is 5.63. The molecule has 3 N–H and O–H groups in total. The Labute approximate surface area is 71.5 Å². The fraction of sp³-hybridized carbons (Fsp3) is 0.333.